The summed E-state index contributed by atoms with van der Waals surface area (Å²) in [4.78, 5) is 30.3. The van der Waals surface area contributed by atoms with Crippen LogP contribution in [0.1, 0.15) is 16.8 Å². The minimum absolute atomic E-state index is 0.0904. The number of amides is 1. The summed E-state index contributed by atoms with van der Waals surface area (Å²) in [5.41, 5.74) is 3.78. The van der Waals surface area contributed by atoms with E-state index in [1.54, 1.807) is 18.3 Å². The van der Waals surface area contributed by atoms with Crippen LogP contribution in [0, 0.1) is 13.8 Å². The number of carbonyl (C=O) groups excluding carboxylic acids is 1. The maximum absolute atomic E-state index is 12.3. The Hall–Kier alpha value is -3.58. The molecule has 0 aliphatic carbocycles. The van der Waals surface area contributed by atoms with Crippen LogP contribution in [0.3, 0.4) is 0 Å². The summed E-state index contributed by atoms with van der Waals surface area (Å²) in [7, 11) is 0. The number of benzene rings is 2. The third-order valence-corrected chi connectivity index (χ3v) is 5.85. The zero-order chi connectivity index (χ0) is 22.5. The topological polar surface area (TPSA) is 72.7 Å². The molecule has 162 valence electrons. The van der Waals surface area contributed by atoms with Crippen molar-refractivity contribution in [3.05, 3.63) is 100 Å². The molecule has 2 aromatic heterocycles. The summed E-state index contributed by atoms with van der Waals surface area (Å²) in [6, 6.07) is 20.5. The highest BCUT2D eigenvalue weighted by atomic mass is 32.2. The van der Waals surface area contributed by atoms with E-state index in [0.717, 1.165) is 10.5 Å². The van der Waals surface area contributed by atoms with Crippen molar-refractivity contribution in [2.24, 2.45) is 0 Å². The molecule has 0 fully saturated rings. The van der Waals surface area contributed by atoms with Crippen LogP contribution < -0.4 is 15.6 Å². The highest BCUT2D eigenvalue weighted by Crippen LogP contribution is 2.21. The van der Waals surface area contributed by atoms with Gasteiger partial charge in [0, 0.05) is 28.9 Å². The monoisotopic (exact) mass is 445 g/mol. The number of carbonyl (C=O) groups is 1. The average Bonchev–Trinajstić information content (AvgIpc) is 2.78. The molecule has 1 N–H and O–H groups in total. The number of nitrogens with zero attached hydrogens (tertiary/aromatic N) is 2. The number of fused-ring (bicyclic) bond motifs is 1. The van der Waals surface area contributed by atoms with E-state index in [-0.39, 0.29) is 18.1 Å². The molecule has 7 heteroatoms. The lowest BCUT2D eigenvalue weighted by molar-refractivity contribution is -0.113. The largest absolute Gasteiger partial charge is 0.487 e. The summed E-state index contributed by atoms with van der Waals surface area (Å²) in [5.74, 6) is 0.812. The predicted octanol–water partition coefficient (Wildman–Crippen LogP) is 4.62. The number of aromatic nitrogens is 2. The van der Waals surface area contributed by atoms with E-state index in [1.165, 1.54) is 27.8 Å². The molecule has 0 radical (unpaired) electrons. The number of hydrogen-bond donors (Lipinski definition) is 1. The summed E-state index contributed by atoms with van der Waals surface area (Å²) < 4.78 is 7.35. The maximum atomic E-state index is 12.3. The smallest absolute Gasteiger partial charge is 0.258 e. The van der Waals surface area contributed by atoms with Gasteiger partial charge < -0.3 is 10.1 Å². The molecule has 0 saturated carbocycles. The Kier molecular flexibility index (Phi) is 6.56. The zero-order valence-corrected chi connectivity index (χ0v) is 18.7. The maximum Gasteiger partial charge on any atom is 0.258 e. The van der Waals surface area contributed by atoms with E-state index < -0.39 is 0 Å². The second-order valence-corrected chi connectivity index (χ2v) is 8.49. The molecule has 0 spiro atoms. The number of anilines is 1. The Labute approximate surface area is 190 Å². The van der Waals surface area contributed by atoms with Crippen LogP contribution in [0.5, 0.6) is 5.75 Å². The third-order valence-electron chi connectivity index (χ3n) is 4.83. The van der Waals surface area contributed by atoms with Gasteiger partial charge in [-0.05, 0) is 49.7 Å². The molecule has 0 bridgehead atoms. The van der Waals surface area contributed by atoms with Crippen LogP contribution in [0.4, 0.5) is 5.69 Å². The van der Waals surface area contributed by atoms with E-state index in [9.17, 15) is 9.59 Å². The quantitative estimate of drug-likeness (QED) is 0.420. The lowest BCUT2D eigenvalue weighted by atomic mass is 10.2. The van der Waals surface area contributed by atoms with Crippen molar-refractivity contribution in [2.45, 2.75) is 25.3 Å². The number of nitrogens with one attached hydrogen (secondary N) is 1. The number of hydrogen-bond acceptors (Lipinski definition) is 5. The fourth-order valence-corrected chi connectivity index (χ4v) is 3.88. The van der Waals surface area contributed by atoms with Gasteiger partial charge in [-0.3, -0.25) is 14.0 Å². The summed E-state index contributed by atoms with van der Waals surface area (Å²) >= 11 is 1.49. The van der Waals surface area contributed by atoms with Crippen LogP contribution in [0.25, 0.3) is 5.65 Å². The van der Waals surface area contributed by atoms with Crippen LogP contribution >= 0.6 is 11.8 Å². The van der Waals surface area contributed by atoms with Crippen LogP contribution in [0.2, 0.25) is 0 Å². The summed E-state index contributed by atoms with van der Waals surface area (Å²) in [5, 5.41) is 2.89. The molecule has 2 aromatic carbocycles. The molecule has 0 atom stereocenters. The van der Waals surface area contributed by atoms with Gasteiger partial charge in [-0.2, -0.15) is 0 Å². The van der Waals surface area contributed by atoms with Gasteiger partial charge in [-0.15, -0.1) is 11.8 Å². The van der Waals surface area contributed by atoms with Crippen LogP contribution in [-0.2, 0) is 11.4 Å². The van der Waals surface area contributed by atoms with Crippen molar-refractivity contribution in [3.63, 3.8) is 0 Å². The molecule has 0 saturated heterocycles. The summed E-state index contributed by atoms with van der Waals surface area (Å²) in [6.45, 7) is 4.10. The van der Waals surface area contributed by atoms with Gasteiger partial charge in [0.1, 0.15) is 18.0 Å². The number of thioether (sulfide) groups is 1. The van der Waals surface area contributed by atoms with Crippen LogP contribution in [-0.4, -0.2) is 21.0 Å². The van der Waals surface area contributed by atoms with Gasteiger partial charge in [0.25, 0.3) is 5.56 Å². The molecule has 4 rings (SSSR count). The van der Waals surface area contributed by atoms with Crippen molar-refractivity contribution >= 4 is 29.0 Å². The highest BCUT2D eigenvalue weighted by Gasteiger charge is 2.07. The second kappa shape index (κ2) is 9.70. The lowest BCUT2D eigenvalue weighted by Gasteiger charge is -2.10. The van der Waals surface area contributed by atoms with Gasteiger partial charge in [-0.25, -0.2) is 4.98 Å². The van der Waals surface area contributed by atoms with Crippen molar-refractivity contribution in [2.75, 3.05) is 11.1 Å². The second-order valence-electron chi connectivity index (χ2n) is 7.44. The zero-order valence-electron chi connectivity index (χ0n) is 17.9. The molecule has 0 aliphatic heterocycles. The Morgan fingerprint density at radius 3 is 2.69 bits per heavy atom. The van der Waals surface area contributed by atoms with Gasteiger partial charge in [0.05, 0.1) is 11.4 Å². The Morgan fingerprint density at radius 1 is 1.06 bits per heavy atom. The third kappa shape index (κ3) is 5.36. The van der Waals surface area contributed by atoms with Crippen molar-refractivity contribution in [1.82, 2.24) is 9.38 Å². The highest BCUT2D eigenvalue weighted by molar-refractivity contribution is 8.00. The normalized spacial score (nSPS) is 10.8. The van der Waals surface area contributed by atoms with E-state index in [4.69, 9.17) is 4.74 Å². The standard InChI is InChI=1S/C25H23N3O3S/c1-17-8-10-22(11-9-17)32-16-23(29)26-19-6-3-7-21(13-19)31-15-20-14-24(30)28-12-4-5-18(2)25(28)27-20/h3-14H,15-16H2,1-2H3,(H,26,29). The predicted molar refractivity (Wildman–Crippen MR) is 128 cm³/mol. The first-order chi connectivity index (χ1) is 15.5. The number of aryl methyl sites for hydroxylation is 2. The molecule has 0 unspecified atom stereocenters. The minimum atomic E-state index is -0.149. The van der Waals surface area contributed by atoms with Crippen molar-refractivity contribution in [3.8, 4) is 5.75 Å². The molecule has 32 heavy (non-hydrogen) atoms. The summed E-state index contributed by atoms with van der Waals surface area (Å²) in [6.07, 6.45) is 1.70. The Balaban J connectivity index is 1.37. The first-order valence-electron chi connectivity index (χ1n) is 10.2. The fraction of sp³-hybridized carbons (Fsp3) is 0.160. The molecule has 1 amide bonds. The van der Waals surface area contributed by atoms with Gasteiger partial charge in [0.2, 0.25) is 5.91 Å². The molecular formula is C25H23N3O3S. The van der Waals surface area contributed by atoms with Gasteiger partial charge in [-0.1, -0.05) is 29.8 Å². The number of ether oxygens (including phenoxy) is 1. The number of pyridine rings is 1. The molecule has 4 aromatic rings. The van der Waals surface area contributed by atoms with E-state index >= 15 is 0 Å². The average molecular weight is 446 g/mol. The Bertz CT molecular complexity index is 1320. The lowest BCUT2D eigenvalue weighted by Crippen LogP contribution is -2.17. The molecule has 2 heterocycles. The Morgan fingerprint density at radius 2 is 1.88 bits per heavy atom. The SMILES string of the molecule is Cc1ccc(SCC(=O)Nc2cccc(OCc3cc(=O)n4cccc(C)c4n3)c2)cc1. The first kappa shape index (κ1) is 21.6. The van der Waals surface area contributed by atoms with Crippen molar-refractivity contribution < 1.29 is 9.53 Å². The molecular weight excluding hydrogens is 422 g/mol. The number of rotatable bonds is 7. The van der Waals surface area contributed by atoms with E-state index in [2.05, 4.69) is 10.3 Å². The van der Waals surface area contributed by atoms with Gasteiger partial charge in [0.15, 0.2) is 0 Å². The van der Waals surface area contributed by atoms with Crippen LogP contribution in [0.15, 0.2) is 82.6 Å². The first-order valence-corrected chi connectivity index (χ1v) is 11.2. The van der Waals surface area contributed by atoms with E-state index in [0.29, 0.717) is 28.5 Å². The molecule has 6 nitrogen and oxygen atoms in total. The van der Waals surface area contributed by atoms with Gasteiger partial charge >= 0.3 is 0 Å². The van der Waals surface area contributed by atoms with Crippen molar-refractivity contribution in [1.29, 1.82) is 0 Å². The van der Waals surface area contributed by atoms with E-state index in [1.807, 2.05) is 62.4 Å². The molecule has 0 aliphatic rings. The fourth-order valence-electron chi connectivity index (χ4n) is 3.18. The minimum Gasteiger partial charge on any atom is -0.487 e.